The van der Waals surface area contributed by atoms with Gasteiger partial charge in [0.15, 0.2) is 6.61 Å². The minimum absolute atomic E-state index is 0.194. The van der Waals surface area contributed by atoms with Crippen molar-refractivity contribution in [1.29, 1.82) is 0 Å². The number of hydrogen-bond donors (Lipinski definition) is 4. The van der Waals surface area contributed by atoms with E-state index in [4.69, 9.17) is 35.2 Å². The van der Waals surface area contributed by atoms with Crippen LogP contribution in [0.3, 0.4) is 0 Å². The van der Waals surface area contributed by atoms with Gasteiger partial charge < -0.3 is 15.4 Å². The van der Waals surface area contributed by atoms with Crippen molar-refractivity contribution in [3.8, 4) is 5.75 Å². The van der Waals surface area contributed by atoms with Crippen molar-refractivity contribution in [3.05, 3.63) is 28.2 Å². The van der Waals surface area contributed by atoms with Gasteiger partial charge in [-0.1, -0.05) is 44.0 Å². The molecule has 1 fully saturated rings. The predicted octanol–water partition coefficient (Wildman–Crippen LogP) is 2.02. The van der Waals surface area contributed by atoms with E-state index in [0.29, 0.717) is 28.6 Å². The van der Waals surface area contributed by atoms with Gasteiger partial charge in [0.25, 0.3) is 11.8 Å². The number of amides is 2. The first-order chi connectivity index (χ1) is 13.0. The number of halogens is 2. The van der Waals surface area contributed by atoms with Gasteiger partial charge in [0.2, 0.25) is 0 Å². The molecule has 1 aliphatic rings. The Labute approximate surface area is 170 Å². The van der Waals surface area contributed by atoms with Crippen molar-refractivity contribution < 1.29 is 15.7 Å². The van der Waals surface area contributed by atoms with Crippen LogP contribution in [0.15, 0.2) is 18.2 Å². The van der Waals surface area contributed by atoms with Gasteiger partial charge in [-0.25, -0.2) is 5.84 Å². The maximum atomic E-state index is 12.5. The van der Waals surface area contributed by atoms with Gasteiger partial charge in [0.1, 0.15) is 12.7 Å². The zero-order chi connectivity index (χ0) is 21.1. The Kier molecular flexibility index (Phi) is 6.47. The zero-order valence-corrected chi connectivity index (χ0v) is 17.2. The summed E-state index contributed by atoms with van der Waals surface area (Å²) in [6, 6.07) is 4.47. The Morgan fingerprint density at radius 1 is 1.41 bits per heavy atom. The van der Waals surface area contributed by atoms with E-state index in [9.17, 15) is 9.59 Å². The lowest BCUT2D eigenvalue weighted by molar-refractivity contribution is -0.134. The molecule has 2 amide bonds. The van der Waals surface area contributed by atoms with E-state index in [2.05, 4.69) is 10.7 Å². The molecular formula is C18H26Cl2N4O3. The number of ether oxygens (including phenoxy) is 1. The van der Waals surface area contributed by atoms with E-state index >= 15 is 0 Å². The second-order valence-corrected chi connectivity index (χ2v) is 8.41. The SMILES string of the molecule is [2H]N1C[C@@H](NC(=O)COc2ccc(Cl)c(Cl)c2)CC[C@]1(C(=O)NN)C(C)(C)C. The normalized spacial score (nSPS) is 24.1. The smallest absolute Gasteiger partial charge is 0.258 e. The lowest BCUT2D eigenvalue weighted by Crippen LogP contribution is -2.69. The number of carbonyl (C=O) groups is 2. The number of benzene rings is 1. The van der Waals surface area contributed by atoms with Crippen molar-refractivity contribution >= 4 is 35.0 Å². The van der Waals surface area contributed by atoms with Crippen LogP contribution in [0.2, 0.25) is 11.5 Å². The van der Waals surface area contributed by atoms with E-state index in [0.717, 1.165) is 0 Å². The largest absolute Gasteiger partial charge is 0.484 e. The summed E-state index contributed by atoms with van der Waals surface area (Å²) in [5.41, 5.74) is 0.607. The highest BCUT2D eigenvalue weighted by molar-refractivity contribution is 6.42. The number of hydrogen-bond acceptors (Lipinski definition) is 5. The molecule has 0 unspecified atom stereocenters. The molecule has 1 aliphatic heterocycles. The van der Waals surface area contributed by atoms with Crippen LogP contribution in [0.4, 0.5) is 0 Å². The van der Waals surface area contributed by atoms with Crippen molar-refractivity contribution in [2.24, 2.45) is 11.3 Å². The Bertz CT molecular complexity index is 744. The fourth-order valence-electron chi connectivity index (χ4n) is 3.18. The lowest BCUT2D eigenvalue weighted by atomic mass is 9.68. The maximum Gasteiger partial charge on any atom is 0.258 e. The summed E-state index contributed by atoms with van der Waals surface area (Å²) in [5, 5.41) is 4.81. The first-order valence-electron chi connectivity index (χ1n) is 9.11. The summed E-state index contributed by atoms with van der Waals surface area (Å²) in [4.78, 5) is 24.7. The minimum Gasteiger partial charge on any atom is -0.484 e. The number of carbonyl (C=O) groups excluding carboxylic acids is 2. The molecule has 5 N–H and O–H groups in total. The molecule has 0 bridgehead atoms. The van der Waals surface area contributed by atoms with E-state index in [1.165, 1.54) is 11.4 Å². The molecule has 1 saturated heterocycles. The number of nitrogens with one attached hydrogen (secondary N) is 3. The molecule has 0 aliphatic carbocycles. The van der Waals surface area contributed by atoms with Crippen molar-refractivity contribution in [3.63, 3.8) is 0 Å². The molecular weight excluding hydrogens is 391 g/mol. The highest BCUT2D eigenvalue weighted by Gasteiger charge is 2.50. The highest BCUT2D eigenvalue weighted by atomic mass is 35.5. The summed E-state index contributed by atoms with van der Waals surface area (Å²) in [7, 11) is 0. The van der Waals surface area contributed by atoms with Gasteiger partial charge in [-0.2, -0.15) is 0 Å². The first-order valence-corrected chi connectivity index (χ1v) is 9.41. The molecule has 1 heterocycles. The second kappa shape index (κ2) is 8.65. The Balaban J connectivity index is 1.95. The summed E-state index contributed by atoms with van der Waals surface area (Å²) < 4.78 is 13.9. The molecule has 1 aromatic rings. The van der Waals surface area contributed by atoms with Crippen LogP contribution in [0.5, 0.6) is 5.75 Å². The molecule has 0 aromatic heterocycles. The van der Waals surface area contributed by atoms with Crippen LogP contribution in [0, 0.1) is 5.41 Å². The van der Waals surface area contributed by atoms with E-state index in [1.54, 1.807) is 12.1 Å². The summed E-state index contributed by atoms with van der Waals surface area (Å²) >= 11 is 11.8. The van der Waals surface area contributed by atoms with Gasteiger partial charge >= 0.3 is 0 Å². The van der Waals surface area contributed by atoms with Crippen molar-refractivity contribution in [1.82, 2.24) is 16.1 Å². The predicted molar refractivity (Wildman–Crippen MR) is 106 cm³/mol. The topological polar surface area (TPSA) is 105 Å². The molecule has 1 aromatic carbocycles. The molecule has 0 saturated carbocycles. The quantitative estimate of drug-likeness (QED) is 0.333. The fraction of sp³-hybridized carbons (Fsp3) is 0.556. The first kappa shape index (κ1) is 20.2. The fourth-order valence-corrected chi connectivity index (χ4v) is 3.47. The lowest BCUT2D eigenvalue weighted by Gasteiger charge is -2.48. The third kappa shape index (κ3) is 5.04. The standard InChI is InChI=1S/C18H26Cl2N4O3/c1-17(2,3)18(16(26)24-21)7-6-11(9-22-18)23-15(25)10-27-12-4-5-13(19)14(20)8-12/h4-5,8,11,22H,6-7,9-10,21H2,1-3H3,(H,23,25)(H,24,26)/t11-,18-/m0/s1/i/hD. The molecule has 0 radical (unpaired) electrons. The monoisotopic (exact) mass is 417 g/mol. The molecule has 2 rings (SSSR count). The molecule has 27 heavy (non-hydrogen) atoms. The third-order valence-corrected chi connectivity index (χ3v) is 5.55. The van der Waals surface area contributed by atoms with Crippen LogP contribution in [-0.4, -0.2) is 36.5 Å². The van der Waals surface area contributed by atoms with E-state index < -0.39 is 16.9 Å². The molecule has 9 heteroatoms. The molecule has 7 nitrogen and oxygen atoms in total. The van der Waals surface area contributed by atoms with Crippen molar-refractivity contribution in [2.75, 3.05) is 13.2 Å². The number of piperidine rings is 1. The van der Waals surface area contributed by atoms with Crippen LogP contribution in [0.1, 0.15) is 33.6 Å². The summed E-state index contributed by atoms with van der Waals surface area (Å²) in [6.45, 7) is 5.69. The Morgan fingerprint density at radius 2 is 2.11 bits per heavy atom. The van der Waals surface area contributed by atoms with Gasteiger partial charge in [-0.05, 0) is 30.4 Å². The van der Waals surface area contributed by atoms with Gasteiger partial charge in [-0.15, -0.1) is 0 Å². The maximum absolute atomic E-state index is 12.5. The number of rotatable bonds is 5. The van der Waals surface area contributed by atoms with Gasteiger partial charge in [-0.3, -0.25) is 15.0 Å². The van der Waals surface area contributed by atoms with Gasteiger partial charge in [0.05, 0.1) is 10.0 Å². The zero-order valence-electron chi connectivity index (χ0n) is 16.6. The Morgan fingerprint density at radius 3 is 2.67 bits per heavy atom. The second-order valence-electron chi connectivity index (χ2n) is 7.59. The highest BCUT2D eigenvalue weighted by Crippen LogP contribution is 2.37. The van der Waals surface area contributed by atoms with Crippen LogP contribution in [0.25, 0.3) is 0 Å². The molecule has 150 valence electrons. The molecule has 2 atom stereocenters. The summed E-state index contributed by atoms with van der Waals surface area (Å²) in [5.74, 6) is 5.07. The number of nitrogens with two attached hydrogens (primary N) is 1. The molecule has 0 spiro atoms. The summed E-state index contributed by atoms with van der Waals surface area (Å²) in [6.07, 6.45) is 0.931. The van der Waals surface area contributed by atoms with E-state index in [-0.39, 0.29) is 25.1 Å². The van der Waals surface area contributed by atoms with Gasteiger partial charge in [0, 0.05) is 18.7 Å². The average molecular weight is 418 g/mol. The van der Waals surface area contributed by atoms with E-state index in [1.807, 2.05) is 20.8 Å². The Hall–Kier alpha value is -1.54. The minimum atomic E-state index is -1.07. The van der Waals surface area contributed by atoms with Crippen LogP contribution in [-0.2, 0) is 9.59 Å². The third-order valence-electron chi connectivity index (χ3n) is 4.81. The van der Waals surface area contributed by atoms with Crippen LogP contribution >= 0.6 is 23.2 Å². The van der Waals surface area contributed by atoms with Crippen molar-refractivity contribution in [2.45, 2.75) is 45.2 Å². The number of hydrazine groups is 1. The average Bonchev–Trinajstić information content (AvgIpc) is 2.61. The van der Waals surface area contributed by atoms with Crippen LogP contribution < -0.4 is 26.6 Å².